The standard InChI is InChI=1S/C11H10FNO3/c1-16-9-4-2-3-8-7(9)5-6-13(8)10(12)11(14)15/h2-6,10H,1H3,(H,14,15). The molecule has 4 nitrogen and oxygen atoms in total. The number of benzene rings is 1. The summed E-state index contributed by atoms with van der Waals surface area (Å²) in [6.07, 6.45) is -0.684. The number of carboxylic acids is 1. The summed E-state index contributed by atoms with van der Waals surface area (Å²) in [6.45, 7) is 0. The molecule has 0 amide bonds. The first-order chi connectivity index (χ1) is 7.65. The predicted octanol–water partition coefficient (Wildman–Crippen LogP) is 2.20. The van der Waals surface area contributed by atoms with Crippen molar-refractivity contribution in [3.05, 3.63) is 30.5 Å². The van der Waals surface area contributed by atoms with Crippen LogP contribution in [0.25, 0.3) is 10.9 Å². The fourth-order valence-electron chi connectivity index (χ4n) is 1.65. The van der Waals surface area contributed by atoms with Gasteiger partial charge in [-0.25, -0.2) is 9.18 Å². The lowest BCUT2D eigenvalue weighted by Crippen LogP contribution is -2.12. The summed E-state index contributed by atoms with van der Waals surface area (Å²) in [5.41, 5.74) is 0.495. The average molecular weight is 223 g/mol. The molecular weight excluding hydrogens is 213 g/mol. The van der Waals surface area contributed by atoms with E-state index in [1.54, 1.807) is 24.3 Å². The van der Waals surface area contributed by atoms with Crippen LogP contribution >= 0.6 is 0 Å². The number of ether oxygens (including phenoxy) is 1. The Morgan fingerprint density at radius 1 is 1.50 bits per heavy atom. The highest BCUT2D eigenvalue weighted by molar-refractivity contribution is 5.87. The topological polar surface area (TPSA) is 51.5 Å². The zero-order valence-electron chi connectivity index (χ0n) is 8.55. The lowest BCUT2D eigenvalue weighted by atomic mass is 10.2. The van der Waals surface area contributed by atoms with Crippen molar-refractivity contribution in [3.63, 3.8) is 0 Å². The van der Waals surface area contributed by atoms with Crippen LogP contribution in [0.4, 0.5) is 4.39 Å². The van der Waals surface area contributed by atoms with E-state index >= 15 is 0 Å². The smallest absolute Gasteiger partial charge is 0.359 e. The average Bonchev–Trinajstić information content (AvgIpc) is 2.71. The van der Waals surface area contributed by atoms with Crippen LogP contribution in [0.1, 0.15) is 6.30 Å². The number of carboxylic acid groups (broad SMARTS) is 1. The van der Waals surface area contributed by atoms with Crippen molar-refractivity contribution in [2.75, 3.05) is 7.11 Å². The summed E-state index contributed by atoms with van der Waals surface area (Å²) >= 11 is 0. The monoisotopic (exact) mass is 223 g/mol. The molecule has 0 aliphatic rings. The normalized spacial score (nSPS) is 12.6. The Hall–Kier alpha value is -2.04. The van der Waals surface area contributed by atoms with Crippen LogP contribution < -0.4 is 4.74 Å². The number of aliphatic carboxylic acids is 1. The Morgan fingerprint density at radius 3 is 2.88 bits per heavy atom. The van der Waals surface area contributed by atoms with E-state index in [-0.39, 0.29) is 0 Å². The first-order valence-electron chi connectivity index (χ1n) is 4.65. The van der Waals surface area contributed by atoms with Crippen LogP contribution in [0.5, 0.6) is 5.75 Å². The molecule has 0 aliphatic carbocycles. The van der Waals surface area contributed by atoms with Gasteiger partial charge < -0.3 is 14.4 Å². The van der Waals surface area contributed by atoms with Crippen molar-refractivity contribution < 1.29 is 19.0 Å². The number of hydrogen-bond donors (Lipinski definition) is 1. The molecule has 2 rings (SSSR count). The minimum Gasteiger partial charge on any atom is -0.496 e. The second-order valence-corrected chi connectivity index (χ2v) is 3.29. The van der Waals surface area contributed by atoms with Crippen LogP contribution in [0, 0.1) is 0 Å². The molecular formula is C11H10FNO3. The predicted molar refractivity (Wildman–Crippen MR) is 56.3 cm³/mol. The van der Waals surface area contributed by atoms with Gasteiger partial charge >= 0.3 is 5.97 Å². The molecule has 1 aromatic carbocycles. The summed E-state index contributed by atoms with van der Waals surface area (Å²) in [5.74, 6) is -0.922. The first-order valence-corrected chi connectivity index (χ1v) is 4.65. The van der Waals surface area contributed by atoms with Gasteiger partial charge in [0.1, 0.15) is 5.75 Å². The molecule has 0 spiro atoms. The number of carbonyl (C=O) groups is 1. The summed E-state index contributed by atoms with van der Waals surface area (Å²) in [6, 6.07) is 6.70. The number of halogens is 1. The molecule has 0 saturated heterocycles. The molecule has 0 fully saturated rings. The summed E-state index contributed by atoms with van der Waals surface area (Å²) in [4.78, 5) is 10.6. The minimum atomic E-state index is -2.08. The molecule has 1 heterocycles. The van der Waals surface area contributed by atoms with Crippen molar-refractivity contribution >= 4 is 16.9 Å². The fourth-order valence-corrected chi connectivity index (χ4v) is 1.65. The van der Waals surface area contributed by atoms with Gasteiger partial charge in [0.25, 0.3) is 6.30 Å². The van der Waals surface area contributed by atoms with Crippen LogP contribution in [-0.4, -0.2) is 22.8 Å². The maximum Gasteiger partial charge on any atom is 0.359 e. The number of nitrogens with zero attached hydrogens (tertiary/aromatic N) is 1. The third-order valence-corrected chi connectivity index (χ3v) is 2.39. The second-order valence-electron chi connectivity index (χ2n) is 3.29. The lowest BCUT2D eigenvalue weighted by Gasteiger charge is -2.07. The summed E-state index contributed by atoms with van der Waals surface area (Å²) < 4.78 is 19.5. The summed E-state index contributed by atoms with van der Waals surface area (Å²) in [7, 11) is 1.51. The van der Waals surface area contributed by atoms with Gasteiger partial charge in [-0.15, -0.1) is 0 Å². The third kappa shape index (κ3) is 1.50. The Bertz CT molecular complexity index is 535. The highest BCUT2D eigenvalue weighted by Crippen LogP contribution is 2.28. The zero-order valence-corrected chi connectivity index (χ0v) is 8.55. The van der Waals surface area contributed by atoms with Gasteiger partial charge in [0.05, 0.1) is 12.6 Å². The van der Waals surface area contributed by atoms with Crippen molar-refractivity contribution in [2.24, 2.45) is 0 Å². The maximum absolute atomic E-state index is 13.4. The number of aromatic nitrogens is 1. The second kappa shape index (κ2) is 3.84. The van der Waals surface area contributed by atoms with Gasteiger partial charge in [-0.1, -0.05) is 6.07 Å². The first kappa shape index (κ1) is 10.5. The number of hydrogen-bond acceptors (Lipinski definition) is 2. The zero-order chi connectivity index (χ0) is 11.7. The highest BCUT2D eigenvalue weighted by atomic mass is 19.1. The molecule has 0 saturated carbocycles. The Balaban J connectivity index is 2.61. The van der Waals surface area contributed by atoms with E-state index in [2.05, 4.69) is 0 Å². The van der Waals surface area contributed by atoms with Crippen molar-refractivity contribution in [1.29, 1.82) is 0 Å². The minimum absolute atomic E-state index is 0.495. The van der Waals surface area contributed by atoms with Crippen LogP contribution in [0.2, 0.25) is 0 Å². The van der Waals surface area contributed by atoms with Crippen molar-refractivity contribution in [3.8, 4) is 5.75 Å². The number of fused-ring (bicyclic) bond motifs is 1. The van der Waals surface area contributed by atoms with Crippen molar-refractivity contribution in [2.45, 2.75) is 6.30 Å². The SMILES string of the molecule is COc1cccc2c1ccn2C(F)C(=O)O. The van der Waals surface area contributed by atoms with Gasteiger partial charge in [-0.2, -0.15) is 0 Å². The molecule has 1 unspecified atom stereocenters. The lowest BCUT2D eigenvalue weighted by molar-refractivity contribution is -0.146. The number of rotatable bonds is 3. The maximum atomic E-state index is 13.4. The largest absolute Gasteiger partial charge is 0.496 e. The van der Waals surface area contributed by atoms with E-state index < -0.39 is 12.3 Å². The van der Waals surface area contributed by atoms with Crippen LogP contribution in [0.15, 0.2) is 30.5 Å². The summed E-state index contributed by atoms with van der Waals surface area (Å²) in [5, 5.41) is 9.30. The Kier molecular flexibility index (Phi) is 2.52. The van der Waals surface area contributed by atoms with Gasteiger partial charge in [0.15, 0.2) is 0 Å². The van der Waals surface area contributed by atoms with E-state index in [0.29, 0.717) is 16.7 Å². The fraction of sp³-hybridized carbons (Fsp3) is 0.182. The van der Waals surface area contributed by atoms with E-state index in [1.165, 1.54) is 13.3 Å². The van der Waals surface area contributed by atoms with Crippen molar-refractivity contribution in [1.82, 2.24) is 4.57 Å². The van der Waals surface area contributed by atoms with Gasteiger partial charge in [-0.05, 0) is 18.2 Å². The molecule has 0 bridgehead atoms. The number of methoxy groups -OCH3 is 1. The molecule has 2 aromatic rings. The molecule has 1 atom stereocenters. The Labute approximate surface area is 90.9 Å². The molecule has 1 aromatic heterocycles. The molecule has 1 N–H and O–H groups in total. The molecule has 84 valence electrons. The quantitative estimate of drug-likeness (QED) is 0.867. The van der Waals surface area contributed by atoms with E-state index in [0.717, 1.165) is 4.57 Å². The molecule has 5 heteroatoms. The molecule has 0 aliphatic heterocycles. The van der Waals surface area contributed by atoms with Gasteiger partial charge in [-0.3, -0.25) is 0 Å². The van der Waals surface area contributed by atoms with Gasteiger partial charge in [0, 0.05) is 11.6 Å². The van der Waals surface area contributed by atoms with E-state index in [4.69, 9.17) is 9.84 Å². The highest BCUT2D eigenvalue weighted by Gasteiger charge is 2.19. The van der Waals surface area contributed by atoms with Crippen LogP contribution in [-0.2, 0) is 4.79 Å². The molecule has 16 heavy (non-hydrogen) atoms. The van der Waals surface area contributed by atoms with E-state index in [9.17, 15) is 9.18 Å². The number of alkyl halides is 1. The Morgan fingerprint density at radius 2 is 2.25 bits per heavy atom. The van der Waals surface area contributed by atoms with Gasteiger partial charge in [0.2, 0.25) is 0 Å². The third-order valence-electron chi connectivity index (χ3n) is 2.39. The van der Waals surface area contributed by atoms with E-state index in [1.807, 2.05) is 0 Å². The van der Waals surface area contributed by atoms with Crippen LogP contribution in [0.3, 0.4) is 0 Å². The molecule has 0 radical (unpaired) electrons.